The highest BCUT2D eigenvalue weighted by molar-refractivity contribution is 5.41. The smallest absolute Gasteiger partial charge is 0.0822 e. The van der Waals surface area contributed by atoms with Gasteiger partial charge in [0.25, 0.3) is 0 Å². The van der Waals surface area contributed by atoms with Gasteiger partial charge in [-0.1, -0.05) is 140 Å². The lowest BCUT2D eigenvalue weighted by Gasteiger charge is -2.56. The van der Waals surface area contributed by atoms with E-state index in [9.17, 15) is 25.5 Å². The molecule has 5 nitrogen and oxygen atoms in total. The van der Waals surface area contributed by atoms with E-state index in [0.29, 0.717) is 40.9 Å². The monoisotopic (exact) mass is 841 g/mol. The van der Waals surface area contributed by atoms with Gasteiger partial charge in [0.2, 0.25) is 0 Å². The topological polar surface area (TPSA) is 101 Å². The molecule has 0 unspecified atom stereocenters. The fourth-order valence-corrected chi connectivity index (χ4v) is 15.0. The van der Waals surface area contributed by atoms with E-state index >= 15 is 0 Å². The molecule has 0 aromatic rings. The minimum absolute atomic E-state index is 0.0000157. The van der Waals surface area contributed by atoms with E-state index in [1.807, 2.05) is 33.8 Å². The van der Waals surface area contributed by atoms with E-state index in [2.05, 4.69) is 97.9 Å². The van der Waals surface area contributed by atoms with Gasteiger partial charge in [-0.05, 0) is 167 Å². The Morgan fingerprint density at radius 1 is 0.574 bits per heavy atom. The molecule has 342 valence electrons. The molecule has 0 aromatic carbocycles. The summed E-state index contributed by atoms with van der Waals surface area (Å²) in [6, 6.07) is 0. The quantitative estimate of drug-likeness (QED) is 0.157. The first-order chi connectivity index (χ1) is 28.3. The van der Waals surface area contributed by atoms with Gasteiger partial charge in [-0.2, -0.15) is 0 Å². The van der Waals surface area contributed by atoms with Gasteiger partial charge >= 0.3 is 0 Å². The molecule has 61 heavy (non-hydrogen) atoms. The number of rotatable bonds is 8. The third-order valence-electron chi connectivity index (χ3n) is 20.6. The van der Waals surface area contributed by atoms with E-state index < -0.39 is 16.8 Å². The molecule has 0 bridgehead atoms. The van der Waals surface area contributed by atoms with Crippen LogP contribution in [0.25, 0.3) is 0 Å². The van der Waals surface area contributed by atoms with Crippen molar-refractivity contribution in [2.45, 2.75) is 202 Å². The van der Waals surface area contributed by atoms with Crippen molar-refractivity contribution < 1.29 is 25.5 Å². The minimum Gasteiger partial charge on any atom is -0.393 e. The molecule has 0 saturated heterocycles. The van der Waals surface area contributed by atoms with Crippen molar-refractivity contribution in [2.24, 2.45) is 74.9 Å². The molecule has 16 atom stereocenters. The van der Waals surface area contributed by atoms with Crippen molar-refractivity contribution in [2.75, 3.05) is 0 Å². The molecule has 0 aliphatic heterocycles. The average Bonchev–Trinajstić information content (AvgIpc) is 3.70. The van der Waals surface area contributed by atoms with E-state index in [1.165, 1.54) is 36.8 Å². The number of aliphatic hydroxyl groups excluding tert-OH is 2. The van der Waals surface area contributed by atoms with Crippen molar-refractivity contribution in [1.29, 1.82) is 0 Å². The van der Waals surface area contributed by atoms with Crippen molar-refractivity contribution in [3.63, 3.8) is 0 Å². The highest BCUT2D eigenvalue weighted by Gasteiger charge is 2.63. The fraction of sp³-hybridized carbons (Fsp3) is 0.786. The highest BCUT2D eigenvalue weighted by atomic mass is 16.3. The molecular weight excluding hydrogens is 753 g/mol. The first-order valence-corrected chi connectivity index (χ1v) is 25.1. The lowest BCUT2D eigenvalue weighted by Crippen LogP contribution is -2.54. The second kappa shape index (κ2) is 16.6. The fourth-order valence-electron chi connectivity index (χ4n) is 15.0. The number of aliphatic hydroxyl groups is 5. The van der Waals surface area contributed by atoms with Crippen LogP contribution in [-0.4, -0.2) is 54.5 Å². The van der Waals surface area contributed by atoms with Gasteiger partial charge in [-0.25, -0.2) is 0 Å². The molecule has 0 aromatic heterocycles. The Morgan fingerprint density at radius 3 is 1.57 bits per heavy atom. The molecule has 8 aliphatic rings. The van der Waals surface area contributed by atoms with E-state index in [0.717, 1.165) is 64.2 Å². The maximum Gasteiger partial charge on any atom is 0.0822 e. The number of allylic oxidation sites excluding steroid dienone is 7. The second-order valence-corrected chi connectivity index (χ2v) is 24.3. The van der Waals surface area contributed by atoms with Crippen LogP contribution in [0.3, 0.4) is 0 Å². The van der Waals surface area contributed by atoms with Crippen molar-refractivity contribution in [1.82, 2.24) is 0 Å². The minimum atomic E-state index is -0.853. The first kappa shape index (κ1) is 47.2. The van der Waals surface area contributed by atoms with Gasteiger partial charge < -0.3 is 25.5 Å². The Labute approximate surface area is 372 Å². The SMILES string of the molecule is CC(C)[C@](C)(O)/C=C/[C@@H](C)[C@@]1(O)CC[C@H]2C3=CC=C4C[C@@H](O)CC[C@]4(C)[C@H]3CC[C@@]21C.CC(C)[C@](C)(O)/C=C/[C@@H](C)[C@H]1CC[C@H]2C3=CC=C4C[C@@H](O)CC[C@]4(C)[C@H]3CC[C@]12C. The largest absolute Gasteiger partial charge is 0.393 e. The number of hydrogen-bond donors (Lipinski definition) is 5. The lowest BCUT2D eigenvalue weighted by molar-refractivity contribution is -0.108. The molecule has 8 rings (SSSR count). The summed E-state index contributed by atoms with van der Waals surface area (Å²) in [5.74, 6) is 3.89. The number of fused-ring (bicyclic) bond motifs is 10. The van der Waals surface area contributed by atoms with Gasteiger partial charge in [0, 0.05) is 11.3 Å². The van der Waals surface area contributed by atoms with Gasteiger partial charge in [0.15, 0.2) is 0 Å². The van der Waals surface area contributed by atoms with Crippen LogP contribution in [0.4, 0.5) is 0 Å². The van der Waals surface area contributed by atoms with Crippen LogP contribution in [0, 0.1) is 74.9 Å². The van der Waals surface area contributed by atoms with Crippen molar-refractivity contribution in [3.8, 4) is 0 Å². The summed E-state index contributed by atoms with van der Waals surface area (Å²) in [6.07, 6.45) is 32.5. The molecule has 0 amide bonds. The Bertz CT molecular complexity index is 1820. The van der Waals surface area contributed by atoms with E-state index in [-0.39, 0.29) is 46.2 Å². The highest BCUT2D eigenvalue weighted by Crippen LogP contribution is 2.68. The normalized spacial score (nSPS) is 44.7. The maximum absolute atomic E-state index is 12.1. The predicted octanol–water partition coefficient (Wildman–Crippen LogP) is 12.0. The van der Waals surface area contributed by atoms with Crippen LogP contribution in [0.5, 0.6) is 0 Å². The average molecular weight is 841 g/mol. The predicted molar refractivity (Wildman–Crippen MR) is 251 cm³/mol. The van der Waals surface area contributed by atoms with E-state index in [4.69, 9.17) is 0 Å². The van der Waals surface area contributed by atoms with Gasteiger partial charge in [0.1, 0.15) is 0 Å². The maximum atomic E-state index is 12.1. The summed E-state index contributed by atoms with van der Waals surface area (Å²) >= 11 is 0. The zero-order valence-electron chi connectivity index (χ0n) is 40.6. The zero-order chi connectivity index (χ0) is 44.7. The second-order valence-electron chi connectivity index (χ2n) is 24.3. The molecule has 0 radical (unpaired) electrons. The van der Waals surface area contributed by atoms with Crippen LogP contribution in [0.2, 0.25) is 0 Å². The van der Waals surface area contributed by atoms with Crippen molar-refractivity contribution in [3.05, 3.63) is 70.9 Å². The standard InChI is InChI=1S/C28H44O3.C28H44O2/c1-18(2)27(6,30)15-9-19(3)28(31)16-12-24-22-8-7-20-17-21(29)10-13-25(20,4)23(22)11-14-26(24,28)5;1-18(2)28(6,30)16-11-19(3)23-9-10-24-22-8-7-20-17-21(29)12-14-26(20,4)25(22)13-15-27(23,24)5/h7-9,15,18-19,21,23-24,29-31H,10-14,16-17H2,1-6H3;7-8,11,16,18-19,21,23-25,29-30H,9-10,12-15,17H2,1-6H3/b15-9+;16-11+/t19-,21+,23+,24+,25+,26+,27-,28+;19-,21+,23-,24+,25+,26+,27-,28-/m11/s1. The molecule has 6 fully saturated rings. The summed E-state index contributed by atoms with van der Waals surface area (Å²) in [5.41, 5.74) is 4.55. The molecule has 5 N–H and O–H groups in total. The third kappa shape index (κ3) is 7.95. The molecular formula is C56H88O5. The van der Waals surface area contributed by atoms with Crippen molar-refractivity contribution >= 4 is 0 Å². The Balaban J connectivity index is 0.000000184. The van der Waals surface area contributed by atoms with Gasteiger partial charge in [-0.3, -0.25) is 0 Å². The van der Waals surface area contributed by atoms with Crippen LogP contribution in [-0.2, 0) is 0 Å². The van der Waals surface area contributed by atoms with Crippen LogP contribution in [0.1, 0.15) is 173 Å². The molecule has 0 spiro atoms. The Hall–Kier alpha value is -1.76. The first-order valence-electron chi connectivity index (χ1n) is 25.1. The lowest BCUT2D eigenvalue weighted by atomic mass is 9.49. The molecule has 6 saturated carbocycles. The van der Waals surface area contributed by atoms with E-state index in [1.54, 1.807) is 11.1 Å². The molecule has 0 heterocycles. The summed E-state index contributed by atoms with van der Waals surface area (Å²) in [7, 11) is 0. The van der Waals surface area contributed by atoms with Crippen LogP contribution >= 0.6 is 0 Å². The summed E-state index contributed by atoms with van der Waals surface area (Å²) < 4.78 is 0. The molecule has 8 aliphatic carbocycles. The summed E-state index contributed by atoms with van der Waals surface area (Å²) in [4.78, 5) is 0. The summed E-state index contributed by atoms with van der Waals surface area (Å²) in [6.45, 7) is 26.3. The van der Waals surface area contributed by atoms with Gasteiger partial charge in [-0.15, -0.1) is 0 Å². The number of hydrogen-bond acceptors (Lipinski definition) is 5. The Morgan fingerprint density at radius 2 is 1.05 bits per heavy atom. The van der Waals surface area contributed by atoms with Crippen LogP contribution < -0.4 is 0 Å². The Kier molecular flexibility index (Phi) is 12.8. The molecule has 5 heteroatoms. The zero-order valence-corrected chi connectivity index (χ0v) is 40.6. The van der Waals surface area contributed by atoms with Gasteiger partial charge in [0.05, 0.1) is 29.0 Å². The third-order valence-corrected chi connectivity index (χ3v) is 20.6. The summed E-state index contributed by atoms with van der Waals surface area (Å²) in [5, 5.41) is 53.8. The van der Waals surface area contributed by atoms with Crippen LogP contribution in [0.15, 0.2) is 70.9 Å².